The van der Waals surface area contributed by atoms with Crippen LogP contribution in [-0.2, 0) is 4.79 Å². The van der Waals surface area contributed by atoms with Crippen LogP contribution in [0.25, 0.3) is 0 Å². The molecule has 0 saturated heterocycles. The average Bonchev–Trinajstić information content (AvgIpc) is 1.95. The molecule has 0 atom stereocenters. The summed E-state index contributed by atoms with van der Waals surface area (Å²) < 4.78 is 0. The minimum atomic E-state index is -0.400. The molecule has 0 aliphatic carbocycles. The molecule has 0 aromatic rings. The summed E-state index contributed by atoms with van der Waals surface area (Å²) in [6, 6.07) is 0. The lowest BCUT2D eigenvalue weighted by molar-refractivity contribution is -0.113. The first kappa shape index (κ1) is 6.67. The maximum absolute atomic E-state index is 10.7. The van der Waals surface area contributed by atoms with Crippen molar-refractivity contribution < 1.29 is 4.79 Å². The number of nitrogens with zero attached hydrogens (tertiary/aromatic N) is 1. The van der Waals surface area contributed by atoms with E-state index in [-0.39, 0.29) is 5.71 Å². The Labute approximate surface area is 58.2 Å². The van der Waals surface area contributed by atoms with Crippen molar-refractivity contribution >= 4 is 18.0 Å². The fourth-order valence-corrected chi connectivity index (χ4v) is 0.632. The summed E-state index contributed by atoms with van der Waals surface area (Å²) in [5, 5.41) is 9.46. The maximum atomic E-state index is 10.7. The first-order chi connectivity index (χ1) is 4.75. The lowest BCUT2D eigenvalue weighted by Gasteiger charge is -2.06. The number of amides is 1. The van der Waals surface area contributed by atoms with Gasteiger partial charge in [0.15, 0.2) is 0 Å². The van der Waals surface area contributed by atoms with Crippen molar-refractivity contribution in [2.45, 2.75) is 6.92 Å². The molecule has 2 N–H and O–H groups in total. The van der Waals surface area contributed by atoms with Crippen LogP contribution in [0.1, 0.15) is 6.92 Å². The van der Waals surface area contributed by atoms with E-state index < -0.39 is 5.91 Å². The number of hydrogen-bond donors (Lipinski definition) is 2. The van der Waals surface area contributed by atoms with Crippen molar-refractivity contribution in [2.24, 2.45) is 4.99 Å². The van der Waals surface area contributed by atoms with Gasteiger partial charge in [0.1, 0.15) is 5.71 Å². The molecule has 1 amide bonds. The summed E-state index contributed by atoms with van der Waals surface area (Å²) in [4.78, 5) is 14.5. The Morgan fingerprint density at radius 3 is 3.00 bits per heavy atom. The van der Waals surface area contributed by atoms with E-state index in [9.17, 15) is 4.79 Å². The van der Waals surface area contributed by atoms with E-state index in [1.165, 1.54) is 6.34 Å². The van der Waals surface area contributed by atoms with Gasteiger partial charge in [0, 0.05) is 0 Å². The molecule has 0 spiro atoms. The molecule has 1 aliphatic rings. The third-order valence-corrected chi connectivity index (χ3v) is 1.16. The normalized spacial score (nSPS) is 21.5. The molecule has 10 heavy (non-hydrogen) atoms. The summed E-state index contributed by atoms with van der Waals surface area (Å²) in [5.74, 6) is -0.400. The summed E-state index contributed by atoms with van der Waals surface area (Å²) in [7, 11) is 0. The lowest BCUT2D eigenvalue weighted by Crippen LogP contribution is -2.33. The minimum absolute atomic E-state index is 0.0787. The van der Waals surface area contributed by atoms with Crippen LogP contribution in [0.15, 0.2) is 16.8 Å². The lowest BCUT2D eigenvalue weighted by atomic mass is 10.2. The van der Waals surface area contributed by atoms with Crippen molar-refractivity contribution in [3.05, 3.63) is 11.8 Å². The van der Waals surface area contributed by atoms with Crippen LogP contribution in [0, 0.1) is 5.41 Å². The molecular formula is C6H7N3O. The average molecular weight is 137 g/mol. The van der Waals surface area contributed by atoms with Crippen LogP contribution < -0.4 is 5.32 Å². The monoisotopic (exact) mass is 137 g/mol. The quantitative estimate of drug-likeness (QED) is 0.487. The molecular weight excluding hydrogens is 130 g/mol. The second kappa shape index (κ2) is 2.43. The van der Waals surface area contributed by atoms with Crippen molar-refractivity contribution in [2.75, 3.05) is 0 Å². The summed E-state index contributed by atoms with van der Waals surface area (Å²) >= 11 is 0. The number of rotatable bonds is 0. The van der Waals surface area contributed by atoms with Gasteiger partial charge < -0.3 is 5.32 Å². The van der Waals surface area contributed by atoms with Crippen LogP contribution in [0.2, 0.25) is 0 Å². The number of hydrogen-bond acceptors (Lipinski definition) is 3. The van der Waals surface area contributed by atoms with Gasteiger partial charge in [0.05, 0.1) is 12.0 Å². The molecule has 4 nitrogen and oxygen atoms in total. The zero-order valence-electron chi connectivity index (χ0n) is 5.51. The van der Waals surface area contributed by atoms with Gasteiger partial charge in [0.25, 0.3) is 5.91 Å². The molecule has 0 fully saturated rings. The number of allylic oxidation sites excluding steroid dienone is 1. The van der Waals surface area contributed by atoms with Crippen molar-refractivity contribution in [1.29, 1.82) is 5.41 Å². The predicted molar refractivity (Wildman–Crippen MR) is 38.1 cm³/mol. The van der Waals surface area contributed by atoms with Gasteiger partial charge in [-0.1, -0.05) is 6.08 Å². The van der Waals surface area contributed by atoms with Gasteiger partial charge in [-0.3, -0.25) is 10.2 Å². The van der Waals surface area contributed by atoms with E-state index in [1.54, 1.807) is 13.0 Å². The van der Waals surface area contributed by atoms with Gasteiger partial charge in [-0.2, -0.15) is 0 Å². The Balaban J connectivity index is 2.98. The molecule has 1 rings (SSSR count). The highest BCUT2D eigenvalue weighted by molar-refractivity contribution is 6.46. The topological polar surface area (TPSA) is 65.3 Å². The standard InChI is InChI=1S/C6H7N3O/c1-2-4-5(7)6(10)9-3-8-4/h2-3,7H,1H3,(H,8,9,10)/b4-2+,7-5?. The molecule has 0 bridgehead atoms. The van der Waals surface area contributed by atoms with Crippen molar-refractivity contribution in [3.63, 3.8) is 0 Å². The maximum Gasteiger partial charge on any atom is 0.276 e. The van der Waals surface area contributed by atoms with E-state index in [4.69, 9.17) is 5.41 Å². The zero-order chi connectivity index (χ0) is 7.56. The molecule has 52 valence electrons. The van der Waals surface area contributed by atoms with Gasteiger partial charge in [-0.25, -0.2) is 4.99 Å². The molecule has 0 radical (unpaired) electrons. The number of carbonyl (C=O) groups is 1. The van der Waals surface area contributed by atoms with E-state index in [0.29, 0.717) is 5.70 Å². The molecule has 0 saturated carbocycles. The van der Waals surface area contributed by atoms with Crippen molar-refractivity contribution in [3.8, 4) is 0 Å². The second-order valence-corrected chi connectivity index (χ2v) is 1.78. The fourth-order valence-electron chi connectivity index (χ4n) is 0.632. The Hall–Kier alpha value is -1.45. The Bertz CT molecular complexity index is 239. The highest BCUT2D eigenvalue weighted by atomic mass is 16.1. The third-order valence-electron chi connectivity index (χ3n) is 1.16. The van der Waals surface area contributed by atoms with E-state index in [2.05, 4.69) is 10.3 Å². The molecule has 4 heteroatoms. The first-order valence-electron chi connectivity index (χ1n) is 2.84. The Morgan fingerprint density at radius 2 is 2.50 bits per heavy atom. The van der Waals surface area contributed by atoms with Crippen LogP contribution in [-0.4, -0.2) is 18.0 Å². The SMILES string of the molecule is C/C=C1/N=CNC(=O)C1=N. The molecule has 0 unspecified atom stereocenters. The summed E-state index contributed by atoms with van der Waals surface area (Å²) in [5.41, 5.74) is 0.341. The molecule has 1 aliphatic heterocycles. The molecule has 1 heterocycles. The van der Waals surface area contributed by atoms with Crippen LogP contribution in [0.3, 0.4) is 0 Å². The number of aliphatic imine (C=N–C) groups is 1. The van der Waals surface area contributed by atoms with E-state index >= 15 is 0 Å². The largest absolute Gasteiger partial charge is 0.311 e. The zero-order valence-corrected chi connectivity index (χ0v) is 5.51. The van der Waals surface area contributed by atoms with Gasteiger partial charge in [-0.15, -0.1) is 0 Å². The van der Waals surface area contributed by atoms with Gasteiger partial charge >= 0.3 is 0 Å². The first-order valence-corrected chi connectivity index (χ1v) is 2.84. The molecule has 0 aromatic carbocycles. The highest BCUT2D eigenvalue weighted by Gasteiger charge is 2.15. The van der Waals surface area contributed by atoms with Gasteiger partial charge in [0.2, 0.25) is 0 Å². The Morgan fingerprint density at radius 1 is 1.80 bits per heavy atom. The van der Waals surface area contributed by atoms with Crippen molar-refractivity contribution in [1.82, 2.24) is 5.32 Å². The van der Waals surface area contributed by atoms with Gasteiger partial charge in [-0.05, 0) is 6.92 Å². The second-order valence-electron chi connectivity index (χ2n) is 1.78. The van der Waals surface area contributed by atoms with Crippen LogP contribution in [0.4, 0.5) is 0 Å². The summed E-state index contributed by atoms with van der Waals surface area (Å²) in [6.07, 6.45) is 2.91. The van der Waals surface area contributed by atoms with E-state index in [0.717, 1.165) is 0 Å². The minimum Gasteiger partial charge on any atom is -0.311 e. The smallest absolute Gasteiger partial charge is 0.276 e. The highest BCUT2D eigenvalue weighted by Crippen LogP contribution is 2.00. The Kier molecular flexibility index (Phi) is 1.62. The third kappa shape index (κ3) is 0.953. The number of nitrogens with one attached hydrogen (secondary N) is 2. The van der Waals surface area contributed by atoms with Crippen LogP contribution >= 0.6 is 0 Å². The summed E-state index contributed by atoms with van der Waals surface area (Å²) in [6.45, 7) is 1.74. The van der Waals surface area contributed by atoms with Crippen LogP contribution in [0.5, 0.6) is 0 Å². The fraction of sp³-hybridized carbons (Fsp3) is 0.167. The number of carbonyl (C=O) groups excluding carboxylic acids is 1. The predicted octanol–water partition coefficient (Wildman–Crippen LogP) is 0.0681. The molecule has 0 aromatic heterocycles. The van der Waals surface area contributed by atoms with E-state index in [1.807, 2.05) is 0 Å².